The van der Waals surface area contributed by atoms with E-state index < -0.39 is 21.4 Å². The van der Waals surface area contributed by atoms with E-state index >= 15 is 0 Å². The fraction of sp³-hybridized carbons (Fsp3) is 0.208. The third kappa shape index (κ3) is 3.72. The van der Waals surface area contributed by atoms with Crippen molar-refractivity contribution in [2.45, 2.75) is 29.9 Å². The van der Waals surface area contributed by atoms with E-state index in [4.69, 9.17) is 9.52 Å². The summed E-state index contributed by atoms with van der Waals surface area (Å²) in [6, 6.07) is 9.54. The monoisotopic (exact) mass is 469 g/mol. The molecule has 1 aliphatic rings. The third-order valence-corrected chi connectivity index (χ3v) is 8.16. The molecule has 6 nitrogen and oxygen atoms in total. The number of nitrogens with one attached hydrogen (secondary N) is 2. The lowest BCUT2D eigenvalue weighted by Gasteiger charge is -2.16. The van der Waals surface area contributed by atoms with Gasteiger partial charge in [-0.3, -0.25) is 4.79 Å². The van der Waals surface area contributed by atoms with Gasteiger partial charge in [-0.05, 0) is 56.2 Å². The summed E-state index contributed by atoms with van der Waals surface area (Å²) in [7, 11) is -1.41. The molecule has 1 atom stereocenters. The summed E-state index contributed by atoms with van der Waals surface area (Å²) in [6.45, 7) is 1.83. The molecule has 0 radical (unpaired) electrons. The summed E-state index contributed by atoms with van der Waals surface area (Å²) in [5.41, 5.74) is 2.01. The van der Waals surface area contributed by atoms with Crippen molar-refractivity contribution in [3.8, 4) is 22.6 Å². The molecule has 1 fully saturated rings. The van der Waals surface area contributed by atoms with Gasteiger partial charge in [0, 0.05) is 51.7 Å². The lowest BCUT2D eigenvalue weighted by molar-refractivity contribution is 0.438. The SMILES string of the molecule is Cc1cc2c(-c3cc(S(=N)(=O)C4CC4)ccc3Oc3ccc(F)cc3F)cn(C)c(=O)c2[nH]1. The van der Waals surface area contributed by atoms with Crippen LogP contribution in [0.2, 0.25) is 0 Å². The Kier molecular flexibility index (Phi) is 4.89. The van der Waals surface area contributed by atoms with E-state index in [2.05, 4.69) is 4.98 Å². The van der Waals surface area contributed by atoms with Crippen LogP contribution in [-0.4, -0.2) is 19.0 Å². The number of H-pyrrole nitrogens is 1. The number of rotatable bonds is 5. The van der Waals surface area contributed by atoms with E-state index in [0.717, 1.165) is 30.7 Å². The minimum absolute atomic E-state index is 0.175. The first-order valence-electron chi connectivity index (χ1n) is 10.4. The maximum absolute atomic E-state index is 14.3. The molecule has 33 heavy (non-hydrogen) atoms. The van der Waals surface area contributed by atoms with Crippen LogP contribution in [0.3, 0.4) is 0 Å². The second-order valence-electron chi connectivity index (χ2n) is 8.33. The quantitative estimate of drug-likeness (QED) is 0.406. The number of halogens is 2. The largest absolute Gasteiger partial charge is 0.454 e. The highest BCUT2D eigenvalue weighted by molar-refractivity contribution is 7.93. The van der Waals surface area contributed by atoms with Crippen molar-refractivity contribution in [1.82, 2.24) is 9.55 Å². The number of benzene rings is 2. The second kappa shape index (κ2) is 7.55. The van der Waals surface area contributed by atoms with Crippen molar-refractivity contribution in [1.29, 1.82) is 4.78 Å². The van der Waals surface area contributed by atoms with Crippen molar-refractivity contribution in [2.24, 2.45) is 7.05 Å². The molecule has 4 aromatic rings. The number of pyridine rings is 1. The van der Waals surface area contributed by atoms with Gasteiger partial charge in [-0.2, -0.15) is 0 Å². The van der Waals surface area contributed by atoms with Crippen LogP contribution in [-0.2, 0) is 16.8 Å². The lowest BCUT2D eigenvalue weighted by atomic mass is 10.0. The zero-order valence-corrected chi connectivity index (χ0v) is 18.8. The number of hydrogen-bond donors (Lipinski definition) is 2. The molecule has 0 saturated heterocycles. The number of aromatic amines is 1. The van der Waals surface area contributed by atoms with Gasteiger partial charge < -0.3 is 14.3 Å². The average molecular weight is 470 g/mol. The highest BCUT2D eigenvalue weighted by atomic mass is 32.2. The first-order chi connectivity index (χ1) is 15.6. The molecular formula is C24H21F2N3O3S. The van der Waals surface area contributed by atoms with Crippen molar-refractivity contribution in [3.05, 3.63) is 76.3 Å². The summed E-state index contributed by atoms with van der Waals surface area (Å²) in [5, 5.41) is 0.432. The third-order valence-electron chi connectivity index (χ3n) is 5.80. The first-order valence-corrected chi connectivity index (χ1v) is 12.0. The number of hydrogen-bond acceptors (Lipinski definition) is 4. The van der Waals surface area contributed by atoms with Gasteiger partial charge in [-0.25, -0.2) is 17.8 Å². The molecule has 9 heteroatoms. The van der Waals surface area contributed by atoms with Crippen molar-refractivity contribution < 1.29 is 17.7 Å². The van der Waals surface area contributed by atoms with Gasteiger partial charge in [0.15, 0.2) is 11.6 Å². The van der Waals surface area contributed by atoms with Crippen LogP contribution >= 0.6 is 0 Å². The Hall–Kier alpha value is -3.46. The van der Waals surface area contributed by atoms with Crippen LogP contribution in [0.1, 0.15) is 18.5 Å². The van der Waals surface area contributed by atoms with Gasteiger partial charge in [-0.1, -0.05) is 0 Å². The number of ether oxygens (including phenoxy) is 1. The molecule has 2 N–H and O–H groups in total. The molecule has 1 saturated carbocycles. The Balaban J connectivity index is 1.76. The van der Waals surface area contributed by atoms with E-state index in [1.807, 2.05) is 13.0 Å². The molecule has 1 unspecified atom stereocenters. The molecule has 2 aromatic carbocycles. The first kappa shape index (κ1) is 21.4. The van der Waals surface area contributed by atoms with Crippen LogP contribution in [0, 0.1) is 23.3 Å². The average Bonchev–Trinajstić information content (AvgIpc) is 3.55. The zero-order valence-electron chi connectivity index (χ0n) is 17.9. The van der Waals surface area contributed by atoms with Gasteiger partial charge in [0.05, 0.1) is 9.73 Å². The van der Waals surface area contributed by atoms with E-state index in [0.29, 0.717) is 26.9 Å². The van der Waals surface area contributed by atoms with E-state index in [9.17, 15) is 17.8 Å². The maximum atomic E-state index is 14.3. The van der Waals surface area contributed by atoms with Crippen LogP contribution in [0.15, 0.2) is 58.4 Å². The highest BCUT2D eigenvalue weighted by Crippen LogP contribution is 2.41. The highest BCUT2D eigenvalue weighted by Gasteiger charge is 2.34. The zero-order chi connectivity index (χ0) is 23.5. The predicted octanol–water partition coefficient (Wildman–Crippen LogP) is 5.48. The molecule has 0 amide bonds. The van der Waals surface area contributed by atoms with E-state index in [1.165, 1.54) is 10.6 Å². The Morgan fingerprint density at radius 1 is 1.09 bits per heavy atom. The van der Waals surface area contributed by atoms with Crippen molar-refractivity contribution >= 4 is 20.6 Å². The summed E-state index contributed by atoms with van der Waals surface area (Å²) in [6.07, 6.45) is 3.10. The van der Waals surface area contributed by atoms with Crippen LogP contribution < -0.4 is 10.3 Å². The van der Waals surface area contributed by atoms with Crippen LogP contribution in [0.5, 0.6) is 11.5 Å². The molecule has 5 rings (SSSR count). The maximum Gasteiger partial charge on any atom is 0.274 e. The minimum atomic E-state index is -3.02. The predicted molar refractivity (Wildman–Crippen MR) is 122 cm³/mol. The molecule has 1 aliphatic carbocycles. The fourth-order valence-electron chi connectivity index (χ4n) is 3.95. The molecule has 2 heterocycles. The molecule has 0 bridgehead atoms. The fourth-order valence-corrected chi connectivity index (χ4v) is 5.70. The second-order valence-corrected chi connectivity index (χ2v) is 10.7. The van der Waals surface area contributed by atoms with Gasteiger partial charge in [-0.15, -0.1) is 0 Å². The number of fused-ring (bicyclic) bond motifs is 1. The number of nitrogens with zero attached hydrogens (tertiary/aromatic N) is 1. The van der Waals surface area contributed by atoms with Gasteiger partial charge in [0.25, 0.3) is 5.56 Å². The summed E-state index contributed by atoms with van der Waals surface area (Å²) >= 11 is 0. The van der Waals surface area contributed by atoms with E-state index in [1.54, 1.807) is 31.4 Å². The van der Waals surface area contributed by atoms with Crippen LogP contribution in [0.4, 0.5) is 8.78 Å². The van der Waals surface area contributed by atoms with E-state index in [-0.39, 0.29) is 22.3 Å². The standard InChI is InChI=1S/C24H21F2N3O3S/c1-13-9-18-19(12-29(2)24(30)23(18)28-13)17-11-16(33(27,31)15-4-5-15)6-8-21(17)32-22-7-3-14(25)10-20(22)26/h3,6-12,15,27-28H,4-5H2,1-2H3. The molecule has 2 aromatic heterocycles. The van der Waals surface area contributed by atoms with Crippen molar-refractivity contribution in [3.63, 3.8) is 0 Å². The topological polar surface area (TPSA) is 87.9 Å². The van der Waals surface area contributed by atoms with Gasteiger partial charge >= 0.3 is 0 Å². The smallest absolute Gasteiger partial charge is 0.274 e. The summed E-state index contributed by atoms with van der Waals surface area (Å²) in [4.78, 5) is 16.1. The molecule has 170 valence electrons. The number of aromatic nitrogens is 2. The Morgan fingerprint density at radius 2 is 1.82 bits per heavy atom. The number of aryl methyl sites for hydroxylation is 2. The summed E-state index contributed by atoms with van der Waals surface area (Å²) in [5.74, 6) is -1.54. The normalized spacial score (nSPS) is 15.5. The minimum Gasteiger partial charge on any atom is -0.454 e. The Morgan fingerprint density at radius 3 is 2.52 bits per heavy atom. The lowest BCUT2D eigenvalue weighted by Crippen LogP contribution is -2.16. The van der Waals surface area contributed by atoms with Crippen LogP contribution in [0.25, 0.3) is 22.0 Å². The van der Waals surface area contributed by atoms with Gasteiger partial charge in [0.1, 0.15) is 17.1 Å². The van der Waals surface area contributed by atoms with Crippen molar-refractivity contribution in [2.75, 3.05) is 0 Å². The molecule has 0 aliphatic heterocycles. The Labute approximate surface area is 188 Å². The Bertz CT molecular complexity index is 1580. The van der Waals surface area contributed by atoms with Gasteiger partial charge in [0.2, 0.25) is 0 Å². The molecular weight excluding hydrogens is 448 g/mol. The molecule has 0 spiro atoms. The summed E-state index contributed by atoms with van der Waals surface area (Å²) < 4.78 is 56.6.